The Morgan fingerprint density at radius 2 is 2.41 bits per heavy atom. The fraction of sp³-hybridized carbons (Fsp3) is 0.556. The minimum Gasteiger partial charge on any atom is -0.383 e. The molecule has 1 saturated heterocycles. The Balaban J connectivity index is 1.96. The van der Waals surface area contributed by atoms with Gasteiger partial charge in [0.05, 0.1) is 17.2 Å². The number of H-pyrrole nitrogens is 1. The van der Waals surface area contributed by atoms with Gasteiger partial charge in [-0.2, -0.15) is 5.10 Å². The Kier molecular flexibility index (Phi) is 3.05. The van der Waals surface area contributed by atoms with Crippen molar-refractivity contribution < 1.29 is 13.2 Å². The molecule has 0 saturated carbocycles. The Bertz CT molecular complexity index is 522. The summed E-state index contributed by atoms with van der Waals surface area (Å²) in [7, 11) is -3.03. The van der Waals surface area contributed by atoms with E-state index in [-0.39, 0.29) is 23.7 Å². The van der Waals surface area contributed by atoms with E-state index >= 15 is 0 Å². The number of hydrogen-bond acceptors (Lipinski definition) is 5. The first kappa shape index (κ1) is 11.9. The molecule has 1 fully saturated rings. The van der Waals surface area contributed by atoms with Gasteiger partial charge in [0.25, 0.3) is 5.91 Å². The van der Waals surface area contributed by atoms with E-state index < -0.39 is 21.0 Å². The number of carbonyl (C=O) groups is 1. The number of amides is 1. The highest BCUT2D eigenvalue weighted by molar-refractivity contribution is 7.92. The van der Waals surface area contributed by atoms with Crippen LogP contribution in [-0.4, -0.2) is 42.1 Å². The second-order valence-corrected chi connectivity index (χ2v) is 6.44. The van der Waals surface area contributed by atoms with Gasteiger partial charge in [-0.25, -0.2) is 8.42 Å². The number of rotatable bonds is 3. The third-order valence-electron chi connectivity index (χ3n) is 2.87. The van der Waals surface area contributed by atoms with E-state index in [4.69, 9.17) is 5.73 Å². The molecule has 17 heavy (non-hydrogen) atoms. The zero-order chi connectivity index (χ0) is 12.5. The molecule has 0 spiro atoms. The molecule has 1 amide bonds. The second kappa shape index (κ2) is 4.36. The Labute approximate surface area is 98.7 Å². The van der Waals surface area contributed by atoms with Gasteiger partial charge in [0.1, 0.15) is 11.4 Å². The fourth-order valence-electron chi connectivity index (χ4n) is 1.87. The lowest BCUT2D eigenvalue weighted by Gasteiger charge is -2.10. The average molecular weight is 258 g/mol. The van der Waals surface area contributed by atoms with Gasteiger partial charge >= 0.3 is 0 Å². The molecule has 1 aliphatic rings. The molecule has 2 rings (SSSR count). The molecule has 1 aromatic heterocycles. The van der Waals surface area contributed by atoms with E-state index in [2.05, 4.69) is 15.5 Å². The van der Waals surface area contributed by atoms with Crippen LogP contribution in [0, 0.1) is 0 Å². The molecule has 4 N–H and O–H groups in total. The molecule has 0 aromatic carbocycles. The van der Waals surface area contributed by atoms with Crippen molar-refractivity contribution in [2.45, 2.75) is 18.1 Å². The van der Waals surface area contributed by atoms with Crippen LogP contribution in [0.25, 0.3) is 0 Å². The monoisotopic (exact) mass is 258 g/mol. The standard InChI is InChI=1S/C9H14N4O3S/c10-8-7(5-12-13-8)9(14)11-4-6-2-1-3-17(6,15)16/h5-6H,1-4H2,(H,11,14)(H3,10,12,13). The molecule has 94 valence electrons. The number of aromatic amines is 1. The first-order chi connectivity index (χ1) is 8.00. The lowest BCUT2D eigenvalue weighted by molar-refractivity contribution is 0.0954. The SMILES string of the molecule is Nc1[nH]ncc1C(=O)NCC1CCCS1(=O)=O. The van der Waals surface area contributed by atoms with Crippen LogP contribution in [0.4, 0.5) is 5.82 Å². The van der Waals surface area contributed by atoms with Crippen molar-refractivity contribution in [2.75, 3.05) is 18.0 Å². The Morgan fingerprint density at radius 3 is 2.94 bits per heavy atom. The van der Waals surface area contributed by atoms with Crippen molar-refractivity contribution in [3.05, 3.63) is 11.8 Å². The van der Waals surface area contributed by atoms with Gasteiger partial charge in [-0.1, -0.05) is 0 Å². The number of anilines is 1. The highest BCUT2D eigenvalue weighted by atomic mass is 32.2. The molecule has 1 atom stereocenters. The van der Waals surface area contributed by atoms with E-state index in [1.807, 2.05) is 0 Å². The van der Waals surface area contributed by atoms with Gasteiger partial charge in [-0.15, -0.1) is 0 Å². The maximum atomic E-state index is 11.6. The first-order valence-electron chi connectivity index (χ1n) is 5.29. The highest BCUT2D eigenvalue weighted by Gasteiger charge is 2.31. The van der Waals surface area contributed by atoms with Crippen molar-refractivity contribution in [1.29, 1.82) is 0 Å². The number of nitrogens with zero attached hydrogens (tertiary/aromatic N) is 1. The summed E-state index contributed by atoms with van der Waals surface area (Å²) in [5.41, 5.74) is 5.72. The Morgan fingerprint density at radius 1 is 1.65 bits per heavy atom. The van der Waals surface area contributed by atoms with Gasteiger partial charge in [0.2, 0.25) is 0 Å². The van der Waals surface area contributed by atoms with E-state index in [1.54, 1.807) is 0 Å². The van der Waals surface area contributed by atoms with Crippen LogP contribution in [0.1, 0.15) is 23.2 Å². The van der Waals surface area contributed by atoms with Crippen LogP contribution in [0.15, 0.2) is 6.20 Å². The summed E-state index contributed by atoms with van der Waals surface area (Å²) < 4.78 is 23.1. The lowest BCUT2D eigenvalue weighted by Crippen LogP contribution is -2.34. The van der Waals surface area contributed by atoms with Gasteiger partial charge in [0.15, 0.2) is 9.84 Å². The first-order valence-corrected chi connectivity index (χ1v) is 7.01. The van der Waals surface area contributed by atoms with Crippen molar-refractivity contribution in [1.82, 2.24) is 15.5 Å². The average Bonchev–Trinajstić information content (AvgIpc) is 2.81. The summed E-state index contributed by atoms with van der Waals surface area (Å²) in [4.78, 5) is 11.6. The fourth-order valence-corrected chi connectivity index (χ4v) is 3.63. The van der Waals surface area contributed by atoms with Crippen LogP contribution >= 0.6 is 0 Å². The van der Waals surface area contributed by atoms with Crippen molar-refractivity contribution in [2.24, 2.45) is 0 Å². The Hall–Kier alpha value is -1.57. The molecular formula is C9H14N4O3S. The molecule has 8 heteroatoms. The largest absolute Gasteiger partial charge is 0.383 e. The molecule has 2 heterocycles. The maximum absolute atomic E-state index is 11.6. The van der Waals surface area contributed by atoms with E-state index in [0.29, 0.717) is 12.8 Å². The second-order valence-electron chi connectivity index (χ2n) is 4.04. The molecule has 0 bridgehead atoms. The topological polar surface area (TPSA) is 118 Å². The molecular weight excluding hydrogens is 244 g/mol. The normalized spacial score (nSPS) is 22.5. The number of nitrogens with one attached hydrogen (secondary N) is 2. The predicted molar refractivity (Wildman–Crippen MR) is 62.1 cm³/mol. The van der Waals surface area contributed by atoms with Crippen molar-refractivity contribution in [3.8, 4) is 0 Å². The van der Waals surface area contributed by atoms with Gasteiger partial charge in [-0.3, -0.25) is 9.89 Å². The van der Waals surface area contributed by atoms with Gasteiger partial charge in [-0.05, 0) is 12.8 Å². The van der Waals surface area contributed by atoms with E-state index in [1.165, 1.54) is 6.20 Å². The number of nitrogen functional groups attached to an aromatic ring is 1. The number of hydrogen-bond donors (Lipinski definition) is 3. The third-order valence-corrected chi connectivity index (χ3v) is 5.14. The summed E-state index contributed by atoms with van der Waals surface area (Å²) >= 11 is 0. The molecule has 7 nitrogen and oxygen atoms in total. The van der Waals surface area contributed by atoms with Crippen molar-refractivity contribution in [3.63, 3.8) is 0 Å². The zero-order valence-electron chi connectivity index (χ0n) is 9.14. The summed E-state index contributed by atoms with van der Waals surface area (Å²) in [6.07, 6.45) is 2.58. The summed E-state index contributed by atoms with van der Waals surface area (Å²) in [6, 6.07) is 0. The number of nitrogens with two attached hydrogens (primary N) is 1. The van der Waals surface area contributed by atoms with Crippen molar-refractivity contribution >= 4 is 21.6 Å². The summed E-state index contributed by atoms with van der Waals surface area (Å²) in [5.74, 6) is -0.0170. The van der Waals surface area contributed by atoms with Crippen LogP contribution in [-0.2, 0) is 9.84 Å². The van der Waals surface area contributed by atoms with E-state index in [0.717, 1.165) is 0 Å². The maximum Gasteiger partial charge on any atom is 0.256 e. The molecule has 0 aliphatic carbocycles. The highest BCUT2D eigenvalue weighted by Crippen LogP contribution is 2.19. The molecule has 1 aliphatic heterocycles. The molecule has 1 unspecified atom stereocenters. The smallest absolute Gasteiger partial charge is 0.256 e. The van der Waals surface area contributed by atoms with Crippen LogP contribution in [0.5, 0.6) is 0 Å². The minimum absolute atomic E-state index is 0.131. The van der Waals surface area contributed by atoms with Crippen LogP contribution < -0.4 is 11.1 Å². The number of carbonyl (C=O) groups excluding carboxylic acids is 1. The number of aromatic nitrogens is 2. The third kappa shape index (κ3) is 2.41. The zero-order valence-corrected chi connectivity index (χ0v) is 9.96. The van der Waals surface area contributed by atoms with E-state index in [9.17, 15) is 13.2 Å². The van der Waals surface area contributed by atoms with Crippen LogP contribution in [0.3, 0.4) is 0 Å². The summed E-state index contributed by atoms with van der Waals surface area (Å²) in [6.45, 7) is 0.131. The molecule has 0 radical (unpaired) electrons. The minimum atomic E-state index is -3.03. The van der Waals surface area contributed by atoms with Gasteiger partial charge in [0, 0.05) is 6.54 Å². The van der Waals surface area contributed by atoms with Gasteiger partial charge < -0.3 is 11.1 Å². The quantitative estimate of drug-likeness (QED) is 0.662. The van der Waals surface area contributed by atoms with Crippen LogP contribution in [0.2, 0.25) is 0 Å². The number of sulfone groups is 1. The summed E-state index contributed by atoms with van der Waals surface area (Å²) in [5, 5.41) is 8.16. The molecule has 1 aromatic rings. The lowest BCUT2D eigenvalue weighted by atomic mass is 10.2. The predicted octanol–water partition coefficient (Wildman–Crippen LogP) is -0.701.